The van der Waals surface area contributed by atoms with Crippen LogP contribution in [-0.4, -0.2) is 34.4 Å². The van der Waals surface area contributed by atoms with Crippen molar-refractivity contribution in [2.75, 3.05) is 6.54 Å². The van der Waals surface area contributed by atoms with Gasteiger partial charge in [0, 0.05) is 43.1 Å². The van der Waals surface area contributed by atoms with Crippen molar-refractivity contribution in [2.45, 2.75) is 51.7 Å². The van der Waals surface area contributed by atoms with E-state index in [1.54, 1.807) is 6.20 Å². The zero-order valence-electron chi connectivity index (χ0n) is 18.4. The Morgan fingerprint density at radius 1 is 1.03 bits per heavy atom. The first-order chi connectivity index (χ1) is 15.1. The number of likely N-dealkylation sites (tertiary alicyclic amines) is 1. The number of hydrogen-bond donors (Lipinski definition) is 1. The van der Waals surface area contributed by atoms with E-state index in [9.17, 15) is 4.79 Å². The molecule has 4 heteroatoms. The van der Waals surface area contributed by atoms with E-state index in [1.807, 2.05) is 30.5 Å². The van der Waals surface area contributed by atoms with Crippen LogP contribution in [0.25, 0.3) is 0 Å². The highest BCUT2D eigenvalue weighted by molar-refractivity contribution is 5.95. The molecule has 1 aromatic heterocycles. The van der Waals surface area contributed by atoms with Gasteiger partial charge in [-0.05, 0) is 62.4 Å². The third-order valence-corrected chi connectivity index (χ3v) is 6.08. The summed E-state index contributed by atoms with van der Waals surface area (Å²) in [6.45, 7) is 5.69. The number of piperidine rings is 1. The monoisotopic (exact) mass is 413 g/mol. The van der Waals surface area contributed by atoms with Gasteiger partial charge in [-0.25, -0.2) is 0 Å². The van der Waals surface area contributed by atoms with Gasteiger partial charge in [0.15, 0.2) is 0 Å². The Hall–Kier alpha value is -2.98. The highest BCUT2D eigenvalue weighted by Crippen LogP contribution is 2.24. The Morgan fingerprint density at radius 2 is 1.77 bits per heavy atom. The fourth-order valence-corrected chi connectivity index (χ4v) is 4.61. The number of rotatable bonds is 6. The van der Waals surface area contributed by atoms with Gasteiger partial charge < -0.3 is 10.2 Å². The van der Waals surface area contributed by atoms with Crippen molar-refractivity contribution in [1.82, 2.24) is 15.2 Å². The van der Waals surface area contributed by atoms with Crippen molar-refractivity contribution in [3.05, 3.63) is 101 Å². The molecule has 0 radical (unpaired) electrons. The quantitative estimate of drug-likeness (QED) is 0.637. The van der Waals surface area contributed by atoms with Crippen molar-refractivity contribution in [3.63, 3.8) is 0 Å². The second-order valence-electron chi connectivity index (χ2n) is 8.68. The Morgan fingerprint density at radius 3 is 2.48 bits per heavy atom. The maximum atomic E-state index is 13.5. The lowest BCUT2D eigenvalue weighted by molar-refractivity contribution is 0.0576. The summed E-state index contributed by atoms with van der Waals surface area (Å²) in [7, 11) is 0. The Balaban J connectivity index is 1.50. The molecular formula is C27H31N3O. The molecule has 2 heterocycles. The van der Waals surface area contributed by atoms with Crippen molar-refractivity contribution >= 4 is 5.91 Å². The fraction of sp³-hybridized carbons (Fsp3) is 0.333. The highest BCUT2D eigenvalue weighted by atomic mass is 16.2. The van der Waals surface area contributed by atoms with Gasteiger partial charge in [0.05, 0.1) is 0 Å². The average molecular weight is 414 g/mol. The molecule has 1 N–H and O–H groups in total. The van der Waals surface area contributed by atoms with Crippen LogP contribution in [0.3, 0.4) is 0 Å². The lowest BCUT2D eigenvalue weighted by Gasteiger charge is -2.40. The highest BCUT2D eigenvalue weighted by Gasteiger charge is 2.32. The zero-order valence-corrected chi connectivity index (χ0v) is 18.4. The number of carbonyl (C=O) groups excluding carboxylic acids is 1. The van der Waals surface area contributed by atoms with E-state index in [-0.39, 0.29) is 11.9 Å². The molecule has 4 nitrogen and oxygen atoms in total. The van der Waals surface area contributed by atoms with Gasteiger partial charge in [-0.15, -0.1) is 0 Å². The summed E-state index contributed by atoms with van der Waals surface area (Å²) < 4.78 is 0. The first kappa shape index (κ1) is 21.3. The van der Waals surface area contributed by atoms with Crippen LogP contribution >= 0.6 is 0 Å². The van der Waals surface area contributed by atoms with Gasteiger partial charge >= 0.3 is 0 Å². The van der Waals surface area contributed by atoms with Gasteiger partial charge in [-0.1, -0.05) is 53.6 Å². The predicted molar refractivity (Wildman–Crippen MR) is 125 cm³/mol. The lowest BCUT2D eigenvalue weighted by Crippen LogP contribution is -2.51. The second kappa shape index (κ2) is 9.88. The third kappa shape index (κ3) is 5.59. The van der Waals surface area contributed by atoms with Crippen molar-refractivity contribution in [3.8, 4) is 0 Å². The van der Waals surface area contributed by atoms with Crippen LogP contribution in [0.15, 0.2) is 73.1 Å². The molecular weight excluding hydrogens is 382 g/mol. The molecule has 1 amide bonds. The van der Waals surface area contributed by atoms with E-state index in [0.717, 1.165) is 49.0 Å². The molecule has 1 fully saturated rings. The van der Waals surface area contributed by atoms with Crippen molar-refractivity contribution in [2.24, 2.45) is 0 Å². The Kier molecular flexibility index (Phi) is 6.78. The molecule has 0 spiro atoms. The minimum absolute atomic E-state index is 0.151. The average Bonchev–Trinajstić information content (AvgIpc) is 2.78. The summed E-state index contributed by atoms with van der Waals surface area (Å²) in [6.07, 6.45) is 6.50. The topological polar surface area (TPSA) is 45.2 Å². The van der Waals surface area contributed by atoms with E-state index in [1.165, 1.54) is 11.1 Å². The molecule has 0 unspecified atom stereocenters. The molecule has 3 aromatic rings. The van der Waals surface area contributed by atoms with Crippen LogP contribution in [0.4, 0.5) is 0 Å². The molecule has 2 aromatic carbocycles. The second-order valence-corrected chi connectivity index (χ2v) is 8.68. The number of aryl methyl sites for hydroxylation is 2. The lowest BCUT2D eigenvalue weighted by atomic mass is 9.91. The Labute approximate surface area is 185 Å². The number of pyridine rings is 1. The standard InChI is InChI=1S/C27H31N3O/c1-20-13-21(2)15-24(14-20)27(31)30-12-10-25(29-19-23-9-6-11-28-18-23)17-26(30)16-22-7-4-3-5-8-22/h3-9,11,13-15,18,25-26,29H,10,12,16-17,19H2,1-2H3/t25-,26+/m1/s1. The minimum Gasteiger partial charge on any atom is -0.335 e. The summed E-state index contributed by atoms with van der Waals surface area (Å²) >= 11 is 0. The zero-order chi connectivity index (χ0) is 21.6. The number of carbonyl (C=O) groups is 1. The van der Waals surface area contributed by atoms with E-state index < -0.39 is 0 Å². The molecule has 1 saturated heterocycles. The number of benzene rings is 2. The largest absolute Gasteiger partial charge is 0.335 e. The smallest absolute Gasteiger partial charge is 0.254 e. The van der Waals surface area contributed by atoms with Gasteiger partial charge in [0.2, 0.25) is 0 Å². The molecule has 4 rings (SSSR count). The van der Waals surface area contributed by atoms with Crippen LogP contribution in [0.5, 0.6) is 0 Å². The first-order valence-electron chi connectivity index (χ1n) is 11.1. The van der Waals surface area contributed by atoms with E-state index in [4.69, 9.17) is 0 Å². The molecule has 1 aliphatic heterocycles. The predicted octanol–water partition coefficient (Wildman–Crippen LogP) is 4.70. The summed E-state index contributed by atoms with van der Waals surface area (Å²) in [5, 5.41) is 3.69. The summed E-state index contributed by atoms with van der Waals surface area (Å²) in [4.78, 5) is 19.8. The molecule has 0 saturated carbocycles. The molecule has 0 aliphatic carbocycles. The normalized spacial score (nSPS) is 18.7. The maximum absolute atomic E-state index is 13.5. The molecule has 0 bridgehead atoms. The van der Waals surface area contributed by atoms with Gasteiger partial charge in [-0.2, -0.15) is 0 Å². The summed E-state index contributed by atoms with van der Waals surface area (Å²) in [6, 6.07) is 21.3. The third-order valence-electron chi connectivity index (χ3n) is 6.08. The summed E-state index contributed by atoms with van der Waals surface area (Å²) in [5.41, 5.74) is 5.54. The van der Waals surface area contributed by atoms with E-state index in [0.29, 0.717) is 6.04 Å². The molecule has 160 valence electrons. The number of hydrogen-bond acceptors (Lipinski definition) is 3. The van der Waals surface area contributed by atoms with Crippen LogP contribution in [0.2, 0.25) is 0 Å². The molecule has 31 heavy (non-hydrogen) atoms. The van der Waals surface area contributed by atoms with Crippen LogP contribution in [0.1, 0.15) is 45.5 Å². The van der Waals surface area contributed by atoms with Gasteiger partial charge in [-0.3, -0.25) is 9.78 Å². The number of nitrogens with one attached hydrogen (secondary N) is 1. The van der Waals surface area contributed by atoms with Crippen LogP contribution < -0.4 is 5.32 Å². The molecule has 2 atom stereocenters. The number of nitrogens with zero attached hydrogens (tertiary/aromatic N) is 2. The fourth-order valence-electron chi connectivity index (χ4n) is 4.61. The van der Waals surface area contributed by atoms with E-state index in [2.05, 4.69) is 65.4 Å². The van der Waals surface area contributed by atoms with Gasteiger partial charge in [0.1, 0.15) is 0 Å². The van der Waals surface area contributed by atoms with Gasteiger partial charge in [0.25, 0.3) is 5.91 Å². The van der Waals surface area contributed by atoms with E-state index >= 15 is 0 Å². The van der Waals surface area contributed by atoms with Crippen molar-refractivity contribution in [1.29, 1.82) is 0 Å². The van der Waals surface area contributed by atoms with Crippen LogP contribution in [0, 0.1) is 13.8 Å². The number of aromatic nitrogens is 1. The first-order valence-corrected chi connectivity index (χ1v) is 11.1. The Bertz CT molecular complexity index is 983. The van der Waals surface area contributed by atoms with Crippen molar-refractivity contribution < 1.29 is 4.79 Å². The summed E-state index contributed by atoms with van der Waals surface area (Å²) in [5.74, 6) is 0.151. The molecule has 1 aliphatic rings. The minimum atomic E-state index is 0.151. The number of amides is 1. The maximum Gasteiger partial charge on any atom is 0.254 e. The SMILES string of the molecule is Cc1cc(C)cc(C(=O)N2CC[C@@H](NCc3cccnc3)C[C@@H]2Cc2ccccc2)c1. The van der Waals surface area contributed by atoms with Crippen LogP contribution in [-0.2, 0) is 13.0 Å².